The number of amides is 3. The number of carbonyl (C=O) groups excluding carboxylic acids is 3. The Bertz CT molecular complexity index is 1880. The number of thioether (sulfide) groups is 1. The number of sulfonamides is 1. The number of nitro benzene ring substituents is 1. The molecule has 0 aliphatic carbocycles. The lowest BCUT2D eigenvalue weighted by Crippen LogP contribution is -2.30. The minimum absolute atomic E-state index is 0.0820. The van der Waals surface area contributed by atoms with E-state index in [0.717, 1.165) is 0 Å². The molecule has 4 aromatic carbocycles. The van der Waals surface area contributed by atoms with E-state index in [2.05, 4.69) is 16.0 Å². The second kappa shape index (κ2) is 14.4. The minimum Gasteiger partial charge on any atom is -0.325 e. The third-order valence-corrected chi connectivity index (χ3v) is 8.21. The van der Waals surface area contributed by atoms with Gasteiger partial charge in [-0.2, -0.15) is 0 Å². The fourth-order valence-electron chi connectivity index (χ4n) is 3.95. The molecule has 1 atom stereocenters. The zero-order chi connectivity index (χ0) is 32.6. The maximum atomic E-state index is 13.4. The molecule has 0 saturated heterocycles. The van der Waals surface area contributed by atoms with Gasteiger partial charge in [0, 0.05) is 27.9 Å². The highest BCUT2D eigenvalue weighted by atomic mass is 32.2. The number of hydrogen-bond acceptors (Lipinski definition) is 8. The van der Waals surface area contributed by atoms with Crippen LogP contribution in [0.15, 0.2) is 119 Å². The van der Waals surface area contributed by atoms with Crippen molar-refractivity contribution in [1.29, 1.82) is 0 Å². The van der Waals surface area contributed by atoms with Crippen molar-refractivity contribution in [3.8, 4) is 0 Å². The molecular formula is C31H27N5O7S2. The molecule has 3 amide bonds. The standard InChI is InChI=1S/C31H27N5O7S2/c1-20(29(37)33-23-14-16-26(17-15-23)45(32,42)43)44-25-12-7-11-24(19-25)34-31(39)27(35-30(38)21-8-3-2-4-9-21)18-22-10-5-6-13-28(22)36(40)41/h2-20H,1H3,(H,33,37)(H,34,39)(H,35,38)(H2,32,42,43)/b27-18+. The highest BCUT2D eigenvalue weighted by molar-refractivity contribution is 8.00. The first-order chi connectivity index (χ1) is 21.4. The van der Waals surface area contributed by atoms with E-state index in [4.69, 9.17) is 5.14 Å². The summed E-state index contributed by atoms with van der Waals surface area (Å²) in [7, 11) is -3.86. The van der Waals surface area contributed by atoms with E-state index in [0.29, 0.717) is 16.3 Å². The Morgan fingerprint density at radius 1 is 0.867 bits per heavy atom. The van der Waals surface area contributed by atoms with Crippen LogP contribution in [0.25, 0.3) is 6.08 Å². The quantitative estimate of drug-likeness (QED) is 0.0776. The molecule has 0 aromatic heterocycles. The molecule has 0 heterocycles. The summed E-state index contributed by atoms with van der Waals surface area (Å²) in [4.78, 5) is 50.6. The summed E-state index contributed by atoms with van der Waals surface area (Å²) in [5, 5.41) is 24.0. The van der Waals surface area contributed by atoms with Crippen molar-refractivity contribution in [2.45, 2.75) is 22.0 Å². The number of primary sulfonamides is 1. The maximum absolute atomic E-state index is 13.4. The van der Waals surface area contributed by atoms with Gasteiger partial charge in [0.25, 0.3) is 17.5 Å². The summed E-state index contributed by atoms with van der Waals surface area (Å²) in [5.41, 5.74) is 0.657. The number of nitrogens with zero attached hydrogens (tertiary/aromatic N) is 1. The summed E-state index contributed by atoms with van der Waals surface area (Å²) < 4.78 is 22.9. The van der Waals surface area contributed by atoms with Gasteiger partial charge in [0.1, 0.15) is 5.70 Å². The summed E-state index contributed by atoms with van der Waals surface area (Å²) >= 11 is 1.21. The molecule has 230 valence electrons. The Labute approximate surface area is 262 Å². The van der Waals surface area contributed by atoms with Crippen LogP contribution in [0.4, 0.5) is 17.1 Å². The van der Waals surface area contributed by atoms with Gasteiger partial charge in [0.15, 0.2) is 0 Å². The van der Waals surface area contributed by atoms with Crippen LogP contribution >= 0.6 is 11.8 Å². The van der Waals surface area contributed by atoms with Crippen LogP contribution in [0.1, 0.15) is 22.8 Å². The molecule has 14 heteroatoms. The number of nitrogens with one attached hydrogen (secondary N) is 3. The van der Waals surface area contributed by atoms with Crippen LogP contribution in [-0.2, 0) is 19.6 Å². The molecule has 0 radical (unpaired) electrons. The first kappa shape index (κ1) is 32.6. The third kappa shape index (κ3) is 9.09. The SMILES string of the molecule is CC(Sc1cccc(NC(=O)/C(=C\c2ccccc2[N+](=O)[O-])NC(=O)c2ccccc2)c1)C(=O)Nc1ccc(S(N)(=O)=O)cc1. The van der Waals surface area contributed by atoms with Crippen LogP contribution in [0.5, 0.6) is 0 Å². The first-order valence-electron chi connectivity index (χ1n) is 13.2. The Morgan fingerprint density at radius 2 is 1.53 bits per heavy atom. The maximum Gasteiger partial charge on any atom is 0.276 e. The molecule has 4 rings (SSSR count). The average molecular weight is 646 g/mol. The summed E-state index contributed by atoms with van der Waals surface area (Å²) in [6, 6.07) is 26.1. The zero-order valence-electron chi connectivity index (χ0n) is 23.7. The van der Waals surface area contributed by atoms with Crippen molar-refractivity contribution in [2.24, 2.45) is 5.14 Å². The first-order valence-corrected chi connectivity index (χ1v) is 15.7. The van der Waals surface area contributed by atoms with E-state index >= 15 is 0 Å². The molecule has 0 aliphatic heterocycles. The van der Waals surface area contributed by atoms with Gasteiger partial charge in [-0.05, 0) is 73.7 Å². The van der Waals surface area contributed by atoms with Gasteiger partial charge in [0.05, 0.1) is 20.6 Å². The van der Waals surface area contributed by atoms with Crippen molar-refractivity contribution in [3.05, 3.63) is 130 Å². The molecule has 0 aliphatic rings. The Kier molecular flexibility index (Phi) is 10.5. The number of para-hydroxylation sites is 1. The van der Waals surface area contributed by atoms with Gasteiger partial charge < -0.3 is 16.0 Å². The van der Waals surface area contributed by atoms with E-state index in [-0.39, 0.29) is 33.3 Å². The Hall–Kier alpha value is -5.31. The van der Waals surface area contributed by atoms with Crippen molar-refractivity contribution in [1.82, 2.24) is 5.32 Å². The van der Waals surface area contributed by atoms with Crippen LogP contribution in [0.2, 0.25) is 0 Å². The molecule has 4 aromatic rings. The highest BCUT2D eigenvalue weighted by Gasteiger charge is 2.20. The monoisotopic (exact) mass is 645 g/mol. The molecule has 45 heavy (non-hydrogen) atoms. The van der Waals surface area contributed by atoms with Gasteiger partial charge in [-0.3, -0.25) is 24.5 Å². The van der Waals surface area contributed by atoms with E-state index in [9.17, 15) is 32.9 Å². The van der Waals surface area contributed by atoms with Gasteiger partial charge >= 0.3 is 0 Å². The summed E-state index contributed by atoms with van der Waals surface area (Å²) in [6.45, 7) is 1.68. The predicted octanol–water partition coefficient (Wildman–Crippen LogP) is 4.77. The molecule has 1 unspecified atom stereocenters. The molecule has 5 N–H and O–H groups in total. The zero-order valence-corrected chi connectivity index (χ0v) is 25.3. The van der Waals surface area contributed by atoms with Crippen LogP contribution in [0, 0.1) is 10.1 Å². The fraction of sp³-hybridized carbons (Fsp3) is 0.0645. The average Bonchev–Trinajstić information content (AvgIpc) is 3.01. The number of hydrogen-bond donors (Lipinski definition) is 4. The number of rotatable bonds is 11. The predicted molar refractivity (Wildman–Crippen MR) is 172 cm³/mol. The number of nitro groups is 1. The Balaban J connectivity index is 1.50. The van der Waals surface area contributed by atoms with Gasteiger partial charge in [-0.1, -0.05) is 36.4 Å². The highest BCUT2D eigenvalue weighted by Crippen LogP contribution is 2.27. The lowest BCUT2D eigenvalue weighted by molar-refractivity contribution is -0.385. The van der Waals surface area contributed by atoms with Gasteiger partial charge in [-0.15, -0.1) is 11.8 Å². The summed E-state index contributed by atoms with van der Waals surface area (Å²) in [5.74, 6) is -1.66. The van der Waals surface area contributed by atoms with Crippen molar-refractivity contribution >= 4 is 62.6 Å². The van der Waals surface area contributed by atoms with E-state index in [1.807, 2.05) is 0 Å². The van der Waals surface area contributed by atoms with Crippen LogP contribution in [0.3, 0.4) is 0 Å². The van der Waals surface area contributed by atoms with Crippen LogP contribution in [-0.4, -0.2) is 36.3 Å². The number of benzene rings is 4. The van der Waals surface area contributed by atoms with Crippen molar-refractivity contribution in [2.75, 3.05) is 10.6 Å². The van der Waals surface area contributed by atoms with E-state index in [1.165, 1.54) is 60.3 Å². The second-order valence-electron chi connectivity index (χ2n) is 9.49. The molecule has 0 bridgehead atoms. The minimum atomic E-state index is -3.86. The second-order valence-corrected chi connectivity index (χ2v) is 12.5. The fourth-order valence-corrected chi connectivity index (χ4v) is 5.39. The molecule has 0 spiro atoms. The number of nitrogens with two attached hydrogens (primary N) is 1. The van der Waals surface area contributed by atoms with Crippen molar-refractivity contribution in [3.63, 3.8) is 0 Å². The topological polar surface area (TPSA) is 191 Å². The Morgan fingerprint density at radius 3 is 2.20 bits per heavy atom. The molecule has 0 fully saturated rings. The lowest BCUT2D eigenvalue weighted by atomic mass is 10.1. The smallest absolute Gasteiger partial charge is 0.276 e. The van der Waals surface area contributed by atoms with Gasteiger partial charge in [-0.25, -0.2) is 13.6 Å². The van der Waals surface area contributed by atoms with E-state index in [1.54, 1.807) is 67.6 Å². The number of anilines is 2. The third-order valence-electron chi connectivity index (χ3n) is 6.19. The largest absolute Gasteiger partial charge is 0.325 e. The van der Waals surface area contributed by atoms with E-state index < -0.39 is 32.0 Å². The van der Waals surface area contributed by atoms with Crippen LogP contribution < -0.4 is 21.1 Å². The summed E-state index contributed by atoms with van der Waals surface area (Å²) in [6.07, 6.45) is 1.23. The molecule has 12 nitrogen and oxygen atoms in total. The number of carbonyl (C=O) groups is 3. The molecule has 0 saturated carbocycles. The molecular weight excluding hydrogens is 619 g/mol. The lowest BCUT2D eigenvalue weighted by Gasteiger charge is -2.14. The van der Waals surface area contributed by atoms with Gasteiger partial charge in [0.2, 0.25) is 15.9 Å². The van der Waals surface area contributed by atoms with Crippen molar-refractivity contribution < 1.29 is 27.7 Å². The normalized spacial score (nSPS) is 12.1.